The van der Waals surface area contributed by atoms with Gasteiger partial charge in [0.25, 0.3) is 5.91 Å². The molecule has 0 aliphatic rings. The number of fused-ring (bicyclic) bond motifs is 1. The van der Waals surface area contributed by atoms with Gasteiger partial charge in [0.15, 0.2) is 11.4 Å². The van der Waals surface area contributed by atoms with Gasteiger partial charge < -0.3 is 20.3 Å². The molecule has 1 atom stereocenters. The lowest BCUT2D eigenvalue weighted by Gasteiger charge is -2.14. The average molecular weight is 349 g/mol. The molecule has 0 saturated carbocycles. The molecule has 2 heterocycles. The van der Waals surface area contributed by atoms with Gasteiger partial charge in [-0.15, -0.1) is 0 Å². The first-order valence-electron chi connectivity index (χ1n) is 7.68. The number of aryl methyl sites for hydroxylation is 1. The predicted molar refractivity (Wildman–Crippen MR) is 86.9 cm³/mol. The van der Waals surface area contributed by atoms with Crippen molar-refractivity contribution in [1.29, 1.82) is 0 Å². The summed E-state index contributed by atoms with van der Waals surface area (Å²) in [6, 6.07) is 2.09. The van der Waals surface area contributed by atoms with Gasteiger partial charge in [0.2, 0.25) is 0 Å². The van der Waals surface area contributed by atoms with E-state index in [0.29, 0.717) is 23.5 Å². The van der Waals surface area contributed by atoms with E-state index in [-0.39, 0.29) is 18.5 Å². The maximum atomic E-state index is 12.6. The molecule has 0 fully saturated rings. The van der Waals surface area contributed by atoms with Crippen LogP contribution in [0.1, 0.15) is 35.9 Å². The highest BCUT2D eigenvalue weighted by molar-refractivity contribution is 5.97. The van der Waals surface area contributed by atoms with Crippen molar-refractivity contribution in [2.45, 2.75) is 32.2 Å². The lowest BCUT2D eigenvalue weighted by molar-refractivity contribution is -0.140. The Hall–Kier alpha value is -3.10. The number of carboxylic acid groups (broad SMARTS) is 2. The molecule has 1 unspecified atom stereocenters. The Balaban J connectivity index is 2.37. The summed E-state index contributed by atoms with van der Waals surface area (Å²) < 4.78 is 6.76. The highest BCUT2D eigenvalue weighted by atomic mass is 16.5. The quantitative estimate of drug-likeness (QED) is 0.647. The standard InChI is InChI=1S/C16H19N3O6/c1-3-9-13(19-8-4-5-11(25-2)14(19)17-9)15(22)18-10(16(23)24)6-7-12(20)21/h4-5,8,10H,3,6-7H2,1-2H3,(H,18,22)(H,20,21)(H,23,24). The Morgan fingerprint density at radius 2 is 2.08 bits per heavy atom. The number of hydrogen-bond donors (Lipinski definition) is 3. The van der Waals surface area contributed by atoms with Crippen molar-refractivity contribution in [3.8, 4) is 5.75 Å². The average Bonchev–Trinajstić information content (AvgIpc) is 2.96. The van der Waals surface area contributed by atoms with Crippen molar-refractivity contribution in [3.05, 3.63) is 29.7 Å². The number of ether oxygens (including phenoxy) is 1. The van der Waals surface area contributed by atoms with Crippen molar-refractivity contribution < 1.29 is 29.3 Å². The number of aromatic nitrogens is 2. The third kappa shape index (κ3) is 3.87. The molecule has 3 N–H and O–H groups in total. The number of pyridine rings is 1. The summed E-state index contributed by atoms with van der Waals surface area (Å²) in [5.74, 6) is -2.57. The number of rotatable bonds is 8. The Bertz CT molecular complexity index is 814. The maximum absolute atomic E-state index is 12.6. The first-order chi connectivity index (χ1) is 11.9. The molecule has 9 nitrogen and oxygen atoms in total. The van der Waals surface area contributed by atoms with Crippen LogP contribution in [0.25, 0.3) is 5.65 Å². The molecule has 25 heavy (non-hydrogen) atoms. The summed E-state index contributed by atoms with van der Waals surface area (Å²) in [7, 11) is 1.49. The number of carbonyl (C=O) groups excluding carboxylic acids is 1. The molecule has 2 rings (SSSR count). The SMILES string of the molecule is CCc1nc2c(OC)cccn2c1C(=O)NC(CCC(=O)O)C(=O)O. The highest BCUT2D eigenvalue weighted by Crippen LogP contribution is 2.22. The van der Waals surface area contributed by atoms with E-state index in [0.717, 1.165) is 0 Å². The van der Waals surface area contributed by atoms with Gasteiger partial charge in [-0.25, -0.2) is 9.78 Å². The van der Waals surface area contributed by atoms with Crippen LogP contribution in [0.3, 0.4) is 0 Å². The van der Waals surface area contributed by atoms with Gasteiger partial charge in [0.05, 0.1) is 12.8 Å². The fourth-order valence-corrected chi connectivity index (χ4v) is 2.49. The molecule has 9 heteroatoms. The van der Waals surface area contributed by atoms with Crippen LogP contribution in [0.5, 0.6) is 5.75 Å². The second-order valence-electron chi connectivity index (χ2n) is 5.33. The largest absolute Gasteiger partial charge is 0.493 e. The van der Waals surface area contributed by atoms with Gasteiger partial charge in [-0.2, -0.15) is 0 Å². The Kier molecular flexibility index (Phi) is 5.58. The summed E-state index contributed by atoms with van der Waals surface area (Å²) >= 11 is 0. The van der Waals surface area contributed by atoms with Crippen LogP contribution < -0.4 is 10.1 Å². The minimum atomic E-state index is -1.30. The van der Waals surface area contributed by atoms with Crippen LogP contribution in [-0.4, -0.2) is 50.6 Å². The number of aliphatic carboxylic acids is 2. The third-order valence-corrected chi connectivity index (χ3v) is 3.71. The van der Waals surface area contributed by atoms with Crippen LogP contribution in [-0.2, 0) is 16.0 Å². The molecule has 2 aromatic rings. The Morgan fingerprint density at radius 1 is 1.36 bits per heavy atom. The maximum Gasteiger partial charge on any atom is 0.326 e. The van der Waals surface area contributed by atoms with E-state index in [1.807, 2.05) is 6.92 Å². The summed E-state index contributed by atoms with van der Waals surface area (Å²) in [5, 5.41) is 20.3. The van der Waals surface area contributed by atoms with Crippen LogP contribution >= 0.6 is 0 Å². The number of methoxy groups -OCH3 is 1. The molecule has 0 aliphatic carbocycles. The van der Waals surface area contributed by atoms with Crippen LogP contribution in [0.15, 0.2) is 18.3 Å². The Labute approximate surface area is 143 Å². The van der Waals surface area contributed by atoms with E-state index < -0.39 is 23.9 Å². The van der Waals surface area contributed by atoms with Gasteiger partial charge in [0.1, 0.15) is 11.7 Å². The summed E-state index contributed by atoms with van der Waals surface area (Å²) in [6.07, 6.45) is 1.52. The monoisotopic (exact) mass is 349 g/mol. The van der Waals surface area contributed by atoms with Crippen molar-refractivity contribution in [1.82, 2.24) is 14.7 Å². The summed E-state index contributed by atoms with van der Waals surface area (Å²) in [6.45, 7) is 1.82. The molecule has 0 saturated heterocycles. The molecule has 0 bridgehead atoms. The topological polar surface area (TPSA) is 130 Å². The fraction of sp³-hybridized carbons (Fsp3) is 0.375. The van der Waals surface area contributed by atoms with Crippen molar-refractivity contribution in [3.63, 3.8) is 0 Å². The van der Waals surface area contributed by atoms with Gasteiger partial charge in [-0.05, 0) is 25.0 Å². The third-order valence-electron chi connectivity index (χ3n) is 3.71. The molecule has 0 aromatic carbocycles. The van der Waals surface area contributed by atoms with Crippen molar-refractivity contribution in [2.75, 3.05) is 7.11 Å². The van der Waals surface area contributed by atoms with E-state index in [4.69, 9.17) is 9.84 Å². The summed E-state index contributed by atoms with van der Waals surface area (Å²) in [4.78, 5) is 39.0. The van der Waals surface area contributed by atoms with Crippen LogP contribution in [0.2, 0.25) is 0 Å². The van der Waals surface area contributed by atoms with E-state index in [2.05, 4.69) is 10.3 Å². The number of imidazole rings is 1. The van der Waals surface area contributed by atoms with Gasteiger partial charge in [-0.3, -0.25) is 14.0 Å². The van der Waals surface area contributed by atoms with Gasteiger partial charge in [-0.1, -0.05) is 6.92 Å². The molecule has 0 radical (unpaired) electrons. The van der Waals surface area contributed by atoms with Crippen LogP contribution in [0, 0.1) is 0 Å². The van der Waals surface area contributed by atoms with Gasteiger partial charge >= 0.3 is 11.9 Å². The zero-order valence-electron chi connectivity index (χ0n) is 13.9. The smallest absolute Gasteiger partial charge is 0.326 e. The first-order valence-corrected chi connectivity index (χ1v) is 7.68. The normalized spacial score (nSPS) is 11.9. The van der Waals surface area contributed by atoms with E-state index >= 15 is 0 Å². The molecule has 134 valence electrons. The van der Waals surface area contributed by atoms with Crippen LogP contribution in [0.4, 0.5) is 0 Å². The number of amides is 1. The second kappa shape index (κ2) is 7.65. The zero-order chi connectivity index (χ0) is 18.6. The van der Waals surface area contributed by atoms with E-state index in [1.165, 1.54) is 11.5 Å². The molecule has 1 amide bonds. The zero-order valence-corrected chi connectivity index (χ0v) is 13.9. The number of hydrogen-bond acceptors (Lipinski definition) is 5. The molecular weight excluding hydrogens is 330 g/mol. The number of nitrogens with zero attached hydrogens (tertiary/aromatic N) is 2. The summed E-state index contributed by atoms with van der Waals surface area (Å²) in [5.41, 5.74) is 1.15. The molecule has 0 aliphatic heterocycles. The lowest BCUT2D eigenvalue weighted by Crippen LogP contribution is -2.41. The van der Waals surface area contributed by atoms with Gasteiger partial charge in [0, 0.05) is 12.6 Å². The minimum Gasteiger partial charge on any atom is -0.493 e. The molecule has 2 aromatic heterocycles. The molecule has 0 spiro atoms. The number of carbonyl (C=O) groups is 3. The minimum absolute atomic E-state index is 0.206. The van der Waals surface area contributed by atoms with E-state index in [9.17, 15) is 19.5 Å². The number of nitrogens with one attached hydrogen (secondary N) is 1. The predicted octanol–water partition coefficient (Wildman–Crippen LogP) is 0.953. The fourth-order valence-electron chi connectivity index (χ4n) is 2.49. The highest BCUT2D eigenvalue weighted by Gasteiger charge is 2.26. The molecular formula is C16H19N3O6. The van der Waals surface area contributed by atoms with E-state index in [1.54, 1.807) is 18.3 Å². The van der Waals surface area contributed by atoms with Crippen molar-refractivity contribution >= 4 is 23.5 Å². The first kappa shape index (κ1) is 18.2. The second-order valence-corrected chi connectivity index (χ2v) is 5.33. The lowest BCUT2D eigenvalue weighted by atomic mass is 10.1. The van der Waals surface area contributed by atoms with Crippen molar-refractivity contribution in [2.24, 2.45) is 0 Å². The Morgan fingerprint density at radius 3 is 2.64 bits per heavy atom. The number of carboxylic acids is 2.